The monoisotopic (exact) mass is 398 g/mol. The van der Waals surface area contributed by atoms with E-state index in [2.05, 4.69) is 15.4 Å². The van der Waals surface area contributed by atoms with Crippen molar-refractivity contribution in [2.45, 2.75) is 19.9 Å². The van der Waals surface area contributed by atoms with Gasteiger partial charge in [0, 0.05) is 16.3 Å². The smallest absolute Gasteiger partial charge is 0.365 e. The van der Waals surface area contributed by atoms with E-state index in [9.17, 15) is 9.59 Å². The number of rotatable bonds is 5. The lowest BCUT2D eigenvalue weighted by Gasteiger charge is -2.15. The molecule has 0 aliphatic rings. The first-order valence-electron chi connectivity index (χ1n) is 8.57. The summed E-state index contributed by atoms with van der Waals surface area (Å²) in [6.07, 6.45) is 1.46. The van der Waals surface area contributed by atoms with Crippen molar-refractivity contribution >= 4 is 23.2 Å². The summed E-state index contributed by atoms with van der Waals surface area (Å²) in [6.45, 7) is 3.39. The third-order valence-corrected chi connectivity index (χ3v) is 4.78. The number of hydrogen-bond acceptors (Lipinski definition) is 5. The van der Waals surface area contributed by atoms with Crippen LogP contribution in [0.5, 0.6) is 5.75 Å². The van der Waals surface area contributed by atoms with Crippen LogP contribution in [-0.4, -0.2) is 27.8 Å². The standard InChI is InChI=1S/C20H19ClN4O3/c1-12-16(21)5-4-6-17(12)23-19(26)13(2)25-20(27)24-18(11-22-25)14-7-9-15(28-3)10-8-14/h4-11,13H,1-3H3,(H,23,26). The molecule has 0 saturated carbocycles. The Kier molecular flexibility index (Phi) is 5.75. The van der Waals surface area contributed by atoms with Crippen LogP contribution in [-0.2, 0) is 4.79 Å². The molecule has 0 fully saturated rings. The molecule has 0 aliphatic heterocycles. The van der Waals surface area contributed by atoms with Gasteiger partial charge in [-0.25, -0.2) is 9.48 Å². The number of nitrogens with one attached hydrogen (secondary N) is 1. The molecule has 0 saturated heterocycles. The van der Waals surface area contributed by atoms with Crippen LogP contribution in [0.1, 0.15) is 18.5 Å². The van der Waals surface area contributed by atoms with E-state index in [1.165, 1.54) is 6.20 Å². The van der Waals surface area contributed by atoms with Gasteiger partial charge < -0.3 is 10.1 Å². The van der Waals surface area contributed by atoms with Gasteiger partial charge in [-0.2, -0.15) is 10.1 Å². The topological polar surface area (TPSA) is 86.1 Å². The van der Waals surface area contributed by atoms with Gasteiger partial charge in [0.25, 0.3) is 0 Å². The Morgan fingerprint density at radius 1 is 1.21 bits per heavy atom. The molecule has 1 unspecified atom stereocenters. The molecule has 8 heteroatoms. The lowest BCUT2D eigenvalue weighted by Crippen LogP contribution is -2.35. The highest BCUT2D eigenvalue weighted by atomic mass is 35.5. The zero-order valence-electron chi connectivity index (χ0n) is 15.6. The molecule has 144 valence electrons. The molecule has 0 radical (unpaired) electrons. The van der Waals surface area contributed by atoms with Crippen LogP contribution in [0.25, 0.3) is 11.3 Å². The van der Waals surface area contributed by atoms with E-state index in [-0.39, 0.29) is 5.91 Å². The summed E-state index contributed by atoms with van der Waals surface area (Å²) >= 11 is 6.08. The number of anilines is 1. The number of carbonyl (C=O) groups excluding carboxylic acids is 1. The first-order valence-corrected chi connectivity index (χ1v) is 8.94. The lowest BCUT2D eigenvalue weighted by atomic mass is 10.1. The summed E-state index contributed by atoms with van der Waals surface area (Å²) < 4.78 is 6.16. The zero-order chi connectivity index (χ0) is 20.3. The summed E-state index contributed by atoms with van der Waals surface area (Å²) in [5.74, 6) is 0.311. The van der Waals surface area contributed by atoms with Crippen molar-refractivity contribution in [1.82, 2.24) is 14.8 Å². The second-order valence-electron chi connectivity index (χ2n) is 6.17. The van der Waals surface area contributed by atoms with Crippen molar-refractivity contribution in [2.75, 3.05) is 12.4 Å². The summed E-state index contributed by atoms with van der Waals surface area (Å²) in [5.41, 5.74) is 1.86. The maximum Gasteiger partial charge on any atom is 0.365 e. The molecule has 3 rings (SSSR count). The normalized spacial score (nSPS) is 11.7. The van der Waals surface area contributed by atoms with Crippen LogP contribution in [0.3, 0.4) is 0 Å². The fraction of sp³-hybridized carbons (Fsp3) is 0.200. The number of aromatic nitrogens is 3. The molecular formula is C20H19ClN4O3. The molecule has 2 aromatic carbocycles. The SMILES string of the molecule is COc1ccc(-c2cnn(C(C)C(=O)Nc3cccc(Cl)c3C)c(=O)n2)cc1. The fourth-order valence-corrected chi connectivity index (χ4v) is 2.78. The summed E-state index contributed by atoms with van der Waals surface area (Å²) in [7, 11) is 1.58. The molecule has 0 aliphatic carbocycles. The number of halogens is 1. The Morgan fingerprint density at radius 2 is 1.93 bits per heavy atom. The first kappa shape index (κ1) is 19.6. The van der Waals surface area contributed by atoms with E-state index in [0.717, 1.165) is 15.8 Å². The number of ether oxygens (including phenoxy) is 1. The second-order valence-corrected chi connectivity index (χ2v) is 6.58. The van der Waals surface area contributed by atoms with Crippen molar-refractivity contribution in [2.24, 2.45) is 0 Å². The number of hydrogen-bond donors (Lipinski definition) is 1. The van der Waals surface area contributed by atoms with E-state index < -0.39 is 11.7 Å². The van der Waals surface area contributed by atoms with Gasteiger partial charge in [-0.1, -0.05) is 17.7 Å². The van der Waals surface area contributed by atoms with Crippen LogP contribution in [0.2, 0.25) is 5.02 Å². The Balaban J connectivity index is 1.81. The van der Waals surface area contributed by atoms with Gasteiger partial charge in [-0.15, -0.1) is 0 Å². The number of amides is 1. The third kappa shape index (κ3) is 4.04. The van der Waals surface area contributed by atoms with Gasteiger partial charge in [0.05, 0.1) is 19.0 Å². The lowest BCUT2D eigenvalue weighted by molar-refractivity contribution is -0.119. The molecule has 0 bridgehead atoms. The van der Waals surface area contributed by atoms with Crippen LogP contribution in [0, 0.1) is 6.92 Å². The van der Waals surface area contributed by atoms with Crippen molar-refractivity contribution in [3.05, 3.63) is 69.7 Å². The maximum absolute atomic E-state index is 12.6. The molecule has 7 nitrogen and oxygen atoms in total. The fourth-order valence-electron chi connectivity index (χ4n) is 2.61. The molecular weight excluding hydrogens is 380 g/mol. The molecule has 0 spiro atoms. The van der Waals surface area contributed by atoms with E-state index in [4.69, 9.17) is 16.3 Å². The quantitative estimate of drug-likeness (QED) is 0.711. The van der Waals surface area contributed by atoms with Gasteiger partial charge in [-0.3, -0.25) is 4.79 Å². The minimum atomic E-state index is -0.844. The van der Waals surface area contributed by atoms with Gasteiger partial charge in [0.15, 0.2) is 0 Å². The van der Waals surface area contributed by atoms with E-state index in [0.29, 0.717) is 22.2 Å². The van der Waals surface area contributed by atoms with Crippen LogP contribution in [0.15, 0.2) is 53.5 Å². The highest BCUT2D eigenvalue weighted by molar-refractivity contribution is 6.31. The van der Waals surface area contributed by atoms with Crippen molar-refractivity contribution in [1.29, 1.82) is 0 Å². The number of methoxy groups -OCH3 is 1. The summed E-state index contributed by atoms with van der Waals surface area (Å²) in [4.78, 5) is 29.0. The molecule has 1 atom stereocenters. The Bertz CT molecular complexity index is 1060. The predicted molar refractivity (Wildman–Crippen MR) is 108 cm³/mol. The highest BCUT2D eigenvalue weighted by Crippen LogP contribution is 2.24. The minimum absolute atomic E-state index is 0.390. The molecule has 1 N–H and O–H groups in total. The Labute approximate surface area is 166 Å². The minimum Gasteiger partial charge on any atom is -0.497 e. The van der Waals surface area contributed by atoms with E-state index in [1.54, 1.807) is 63.4 Å². The average Bonchev–Trinajstić information content (AvgIpc) is 2.71. The number of benzene rings is 2. The summed E-state index contributed by atoms with van der Waals surface area (Å²) in [6, 6.07) is 11.5. The van der Waals surface area contributed by atoms with Gasteiger partial charge in [-0.05, 0) is 55.8 Å². The number of nitrogens with zero attached hydrogens (tertiary/aromatic N) is 3. The Morgan fingerprint density at radius 3 is 2.57 bits per heavy atom. The highest BCUT2D eigenvalue weighted by Gasteiger charge is 2.19. The molecule has 1 aromatic heterocycles. The molecule has 1 heterocycles. The van der Waals surface area contributed by atoms with Gasteiger partial charge in [0.2, 0.25) is 5.91 Å². The third-order valence-electron chi connectivity index (χ3n) is 4.37. The molecule has 28 heavy (non-hydrogen) atoms. The van der Waals surface area contributed by atoms with Crippen molar-refractivity contribution in [3.63, 3.8) is 0 Å². The maximum atomic E-state index is 12.6. The predicted octanol–water partition coefficient (Wildman–Crippen LogP) is 3.48. The van der Waals surface area contributed by atoms with Crippen LogP contribution < -0.4 is 15.7 Å². The van der Waals surface area contributed by atoms with Crippen LogP contribution in [0.4, 0.5) is 5.69 Å². The molecule has 3 aromatic rings. The van der Waals surface area contributed by atoms with E-state index >= 15 is 0 Å². The van der Waals surface area contributed by atoms with Crippen molar-refractivity contribution < 1.29 is 9.53 Å². The Hall–Kier alpha value is -3.19. The number of carbonyl (C=O) groups is 1. The molecule has 1 amide bonds. The second kappa shape index (κ2) is 8.22. The van der Waals surface area contributed by atoms with Gasteiger partial charge in [0.1, 0.15) is 11.8 Å². The first-order chi connectivity index (χ1) is 13.4. The summed E-state index contributed by atoms with van der Waals surface area (Å²) in [5, 5.41) is 7.44. The van der Waals surface area contributed by atoms with E-state index in [1.807, 2.05) is 0 Å². The van der Waals surface area contributed by atoms with Gasteiger partial charge >= 0.3 is 5.69 Å². The van der Waals surface area contributed by atoms with Crippen molar-refractivity contribution in [3.8, 4) is 17.0 Å². The largest absolute Gasteiger partial charge is 0.497 e. The zero-order valence-corrected chi connectivity index (χ0v) is 16.4. The van der Waals surface area contributed by atoms with Crippen LogP contribution >= 0.6 is 11.6 Å². The average molecular weight is 399 g/mol.